The Morgan fingerprint density at radius 3 is 2.37 bits per heavy atom. The second-order valence-electron chi connectivity index (χ2n) is 5.07. The standard InChI is InChI=1S/C16H25NO2/c1-5-10-16(11-6-2,15(18)19-4)17-14-9-7-8-13(3)12-14/h7-9,12,17H,5-6,10-11H2,1-4H3. The highest BCUT2D eigenvalue weighted by Gasteiger charge is 2.37. The molecule has 0 amide bonds. The Morgan fingerprint density at radius 1 is 1.26 bits per heavy atom. The Kier molecular flexibility index (Phi) is 5.87. The van der Waals surface area contributed by atoms with Crippen LogP contribution in [0.1, 0.15) is 45.1 Å². The largest absolute Gasteiger partial charge is 0.467 e. The van der Waals surface area contributed by atoms with Crippen molar-refractivity contribution in [2.75, 3.05) is 12.4 Å². The van der Waals surface area contributed by atoms with E-state index < -0.39 is 5.54 Å². The van der Waals surface area contributed by atoms with Gasteiger partial charge in [0.05, 0.1) is 7.11 Å². The van der Waals surface area contributed by atoms with E-state index in [2.05, 4.69) is 25.2 Å². The van der Waals surface area contributed by atoms with Crippen molar-refractivity contribution in [3.63, 3.8) is 0 Å². The summed E-state index contributed by atoms with van der Waals surface area (Å²) in [6, 6.07) is 8.10. The fourth-order valence-electron chi connectivity index (χ4n) is 2.55. The third kappa shape index (κ3) is 3.98. The lowest BCUT2D eigenvalue weighted by Crippen LogP contribution is -2.47. The molecular weight excluding hydrogens is 238 g/mol. The van der Waals surface area contributed by atoms with Gasteiger partial charge < -0.3 is 10.1 Å². The number of hydrogen-bond donors (Lipinski definition) is 1. The zero-order valence-corrected chi connectivity index (χ0v) is 12.5. The van der Waals surface area contributed by atoms with E-state index in [1.807, 2.05) is 25.1 Å². The predicted octanol–water partition coefficient (Wildman–Crippen LogP) is 3.92. The highest BCUT2D eigenvalue weighted by atomic mass is 16.5. The van der Waals surface area contributed by atoms with E-state index in [1.54, 1.807) is 0 Å². The SMILES string of the molecule is CCCC(CCC)(Nc1cccc(C)c1)C(=O)OC. The molecule has 1 N–H and O–H groups in total. The number of esters is 1. The predicted molar refractivity (Wildman–Crippen MR) is 79.4 cm³/mol. The van der Waals surface area contributed by atoms with Crippen molar-refractivity contribution in [3.05, 3.63) is 29.8 Å². The Labute approximate surface area is 116 Å². The van der Waals surface area contributed by atoms with Crippen LogP contribution in [0.25, 0.3) is 0 Å². The van der Waals surface area contributed by atoms with Gasteiger partial charge in [0.15, 0.2) is 0 Å². The van der Waals surface area contributed by atoms with Crippen LogP contribution in [0.3, 0.4) is 0 Å². The van der Waals surface area contributed by atoms with E-state index in [4.69, 9.17) is 4.74 Å². The zero-order valence-electron chi connectivity index (χ0n) is 12.5. The molecule has 0 fully saturated rings. The van der Waals surface area contributed by atoms with Crippen molar-refractivity contribution in [2.24, 2.45) is 0 Å². The molecule has 0 aliphatic carbocycles. The van der Waals surface area contributed by atoms with Gasteiger partial charge in [-0.25, -0.2) is 4.79 Å². The van der Waals surface area contributed by atoms with Crippen LogP contribution in [0, 0.1) is 6.92 Å². The van der Waals surface area contributed by atoms with Crippen molar-refractivity contribution in [2.45, 2.75) is 52.0 Å². The first-order valence-electron chi connectivity index (χ1n) is 7.01. The maximum Gasteiger partial charge on any atom is 0.331 e. The topological polar surface area (TPSA) is 38.3 Å². The summed E-state index contributed by atoms with van der Waals surface area (Å²) in [4.78, 5) is 12.2. The Hall–Kier alpha value is -1.51. The smallest absolute Gasteiger partial charge is 0.331 e. The molecule has 106 valence electrons. The van der Waals surface area contributed by atoms with Gasteiger partial charge in [0, 0.05) is 5.69 Å². The second-order valence-corrected chi connectivity index (χ2v) is 5.07. The van der Waals surface area contributed by atoms with Gasteiger partial charge in [-0.2, -0.15) is 0 Å². The lowest BCUT2D eigenvalue weighted by atomic mass is 9.88. The third-order valence-corrected chi connectivity index (χ3v) is 3.33. The van der Waals surface area contributed by atoms with Crippen molar-refractivity contribution in [1.29, 1.82) is 0 Å². The van der Waals surface area contributed by atoms with E-state index in [1.165, 1.54) is 12.7 Å². The minimum atomic E-state index is -0.605. The molecular formula is C16H25NO2. The van der Waals surface area contributed by atoms with Crippen molar-refractivity contribution < 1.29 is 9.53 Å². The molecule has 0 aliphatic rings. The van der Waals surface area contributed by atoms with Crippen LogP contribution in [0.15, 0.2) is 24.3 Å². The number of nitrogens with one attached hydrogen (secondary N) is 1. The summed E-state index contributed by atoms with van der Waals surface area (Å²) >= 11 is 0. The Morgan fingerprint density at radius 2 is 1.89 bits per heavy atom. The number of benzene rings is 1. The van der Waals surface area contributed by atoms with Gasteiger partial charge in [-0.1, -0.05) is 38.8 Å². The number of carbonyl (C=O) groups excluding carboxylic acids is 1. The van der Waals surface area contributed by atoms with Crippen LogP contribution in [0.2, 0.25) is 0 Å². The van der Waals surface area contributed by atoms with E-state index >= 15 is 0 Å². The second kappa shape index (κ2) is 7.17. The molecule has 0 radical (unpaired) electrons. The normalized spacial score (nSPS) is 11.2. The summed E-state index contributed by atoms with van der Waals surface area (Å²) in [6.45, 7) is 6.22. The first kappa shape index (κ1) is 15.5. The quantitative estimate of drug-likeness (QED) is 0.758. The Balaban J connectivity index is 3.04. The fraction of sp³-hybridized carbons (Fsp3) is 0.562. The zero-order chi connectivity index (χ0) is 14.3. The lowest BCUT2D eigenvalue weighted by Gasteiger charge is -2.32. The molecule has 0 heterocycles. The first-order chi connectivity index (χ1) is 9.07. The molecule has 3 nitrogen and oxygen atoms in total. The van der Waals surface area contributed by atoms with Crippen LogP contribution in [0.5, 0.6) is 0 Å². The minimum Gasteiger partial charge on any atom is -0.467 e. The maximum absolute atomic E-state index is 12.2. The third-order valence-electron chi connectivity index (χ3n) is 3.33. The van der Waals surface area contributed by atoms with Gasteiger partial charge >= 0.3 is 5.97 Å². The van der Waals surface area contributed by atoms with Gasteiger partial charge in [-0.3, -0.25) is 0 Å². The van der Waals surface area contributed by atoms with Crippen molar-refractivity contribution >= 4 is 11.7 Å². The summed E-state index contributed by atoms with van der Waals surface area (Å²) in [5.41, 5.74) is 1.55. The average molecular weight is 263 g/mol. The molecule has 0 saturated heterocycles. The number of carbonyl (C=O) groups is 1. The average Bonchev–Trinajstić information content (AvgIpc) is 2.38. The van der Waals surface area contributed by atoms with E-state index in [0.29, 0.717) is 0 Å². The fourth-order valence-corrected chi connectivity index (χ4v) is 2.55. The van der Waals surface area contributed by atoms with Gasteiger partial charge in [0.25, 0.3) is 0 Å². The monoisotopic (exact) mass is 263 g/mol. The molecule has 0 atom stereocenters. The van der Waals surface area contributed by atoms with Gasteiger partial charge in [0.2, 0.25) is 0 Å². The molecule has 3 heteroatoms. The number of hydrogen-bond acceptors (Lipinski definition) is 3. The molecule has 0 spiro atoms. The molecule has 1 aromatic rings. The summed E-state index contributed by atoms with van der Waals surface area (Å²) < 4.78 is 5.02. The summed E-state index contributed by atoms with van der Waals surface area (Å²) in [6.07, 6.45) is 3.44. The molecule has 1 aromatic carbocycles. The molecule has 0 bridgehead atoms. The highest BCUT2D eigenvalue weighted by Crippen LogP contribution is 2.27. The number of rotatable bonds is 7. The highest BCUT2D eigenvalue weighted by molar-refractivity contribution is 5.84. The van der Waals surface area contributed by atoms with Gasteiger partial charge in [-0.05, 0) is 37.5 Å². The molecule has 0 unspecified atom stereocenters. The van der Waals surface area contributed by atoms with E-state index in [9.17, 15) is 4.79 Å². The van der Waals surface area contributed by atoms with Crippen molar-refractivity contribution in [3.8, 4) is 0 Å². The van der Waals surface area contributed by atoms with Crippen LogP contribution in [-0.4, -0.2) is 18.6 Å². The summed E-state index contributed by atoms with van der Waals surface area (Å²) in [7, 11) is 1.46. The molecule has 0 aliphatic heterocycles. The minimum absolute atomic E-state index is 0.169. The lowest BCUT2D eigenvalue weighted by molar-refractivity contribution is -0.146. The van der Waals surface area contributed by atoms with Crippen LogP contribution < -0.4 is 5.32 Å². The van der Waals surface area contributed by atoms with Crippen molar-refractivity contribution in [1.82, 2.24) is 0 Å². The van der Waals surface area contributed by atoms with Gasteiger partial charge in [0.1, 0.15) is 5.54 Å². The summed E-state index contributed by atoms with van der Waals surface area (Å²) in [5.74, 6) is -0.169. The van der Waals surface area contributed by atoms with Crippen LogP contribution in [0.4, 0.5) is 5.69 Å². The summed E-state index contributed by atoms with van der Waals surface area (Å²) in [5, 5.41) is 3.41. The van der Waals surface area contributed by atoms with E-state index in [0.717, 1.165) is 31.4 Å². The molecule has 1 rings (SSSR count). The first-order valence-corrected chi connectivity index (χ1v) is 7.01. The maximum atomic E-state index is 12.2. The molecule has 0 aromatic heterocycles. The number of ether oxygens (including phenoxy) is 1. The number of aryl methyl sites for hydroxylation is 1. The van der Waals surface area contributed by atoms with Crippen LogP contribution >= 0.6 is 0 Å². The molecule has 19 heavy (non-hydrogen) atoms. The number of anilines is 1. The van der Waals surface area contributed by atoms with E-state index in [-0.39, 0.29) is 5.97 Å². The van der Waals surface area contributed by atoms with Crippen LogP contribution in [-0.2, 0) is 9.53 Å². The Bertz CT molecular complexity index is 409. The number of methoxy groups -OCH3 is 1. The van der Waals surface area contributed by atoms with Gasteiger partial charge in [-0.15, -0.1) is 0 Å². The molecule has 0 saturated carbocycles.